The molecule has 0 spiro atoms. The van der Waals surface area contributed by atoms with Gasteiger partial charge in [-0.15, -0.1) is 0 Å². The molecule has 0 heterocycles. The maximum absolute atomic E-state index is 5.28. The summed E-state index contributed by atoms with van der Waals surface area (Å²) in [6, 6.07) is 0.625. The van der Waals surface area contributed by atoms with E-state index in [1.807, 2.05) is 7.11 Å². The average molecular weight is 255 g/mol. The van der Waals surface area contributed by atoms with Crippen LogP contribution < -0.4 is 5.32 Å². The first kappa shape index (κ1) is 16.0. The Morgan fingerprint density at radius 3 is 2.17 bits per heavy atom. The van der Waals surface area contributed by atoms with E-state index in [0.29, 0.717) is 6.04 Å². The zero-order chi connectivity index (χ0) is 13.1. The molecule has 1 rings (SSSR count). The molecule has 1 N–H and O–H groups in total. The van der Waals surface area contributed by atoms with Gasteiger partial charge in [-0.1, -0.05) is 51.9 Å². The lowest BCUT2D eigenvalue weighted by Gasteiger charge is -2.17. The molecule has 1 unspecified atom stereocenters. The van der Waals surface area contributed by atoms with Gasteiger partial charge in [-0.2, -0.15) is 0 Å². The second-order valence-electron chi connectivity index (χ2n) is 5.83. The molecule has 1 aliphatic carbocycles. The number of hydrogen-bond donors (Lipinski definition) is 1. The second-order valence-corrected chi connectivity index (χ2v) is 5.83. The van der Waals surface area contributed by atoms with Crippen molar-refractivity contribution in [1.82, 2.24) is 5.32 Å². The first-order valence-corrected chi connectivity index (χ1v) is 8.10. The molecule has 0 aromatic heterocycles. The molecular weight excluding hydrogens is 222 g/mol. The summed E-state index contributed by atoms with van der Waals surface area (Å²) in [6.45, 7) is 4.35. The fraction of sp³-hybridized carbons (Fsp3) is 1.00. The lowest BCUT2D eigenvalue weighted by Crippen LogP contribution is -2.35. The number of rotatable bonds is 13. The van der Waals surface area contributed by atoms with Gasteiger partial charge in [0.25, 0.3) is 0 Å². The van der Waals surface area contributed by atoms with Gasteiger partial charge in [0.05, 0.1) is 6.61 Å². The fourth-order valence-electron chi connectivity index (χ4n) is 2.59. The van der Waals surface area contributed by atoms with Gasteiger partial charge in [0.2, 0.25) is 0 Å². The van der Waals surface area contributed by atoms with Gasteiger partial charge in [0, 0.05) is 13.2 Å². The SMILES string of the molecule is CCCCCCCCCCNC(COC)C1CC1. The molecule has 1 aliphatic rings. The molecule has 0 bridgehead atoms. The maximum atomic E-state index is 5.28. The Balaban J connectivity index is 1.82. The van der Waals surface area contributed by atoms with E-state index in [4.69, 9.17) is 4.74 Å². The zero-order valence-electron chi connectivity index (χ0n) is 12.5. The van der Waals surface area contributed by atoms with Crippen molar-refractivity contribution >= 4 is 0 Å². The largest absolute Gasteiger partial charge is 0.383 e. The third-order valence-electron chi connectivity index (χ3n) is 3.97. The molecule has 0 amide bonds. The standard InChI is InChI=1S/C16H33NO/c1-3-4-5-6-7-8-9-10-13-17-16(14-18-2)15-11-12-15/h15-17H,3-14H2,1-2H3. The molecule has 1 fully saturated rings. The highest BCUT2D eigenvalue weighted by Gasteiger charge is 2.30. The van der Waals surface area contributed by atoms with Crippen LogP contribution in [0.5, 0.6) is 0 Å². The van der Waals surface area contributed by atoms with Crippen LogP contribution in [0.15, 0.2) is 0 Å². The van der Waals surface area contributed by atoms with Crippen LogP contribution in [0, 0.1) is 5.92 Å². The van der Waals surface area contributed by atoms with Crippen LogP contribution in [-0.2, 0) is 4.74 Å². The Bertz CT molecular complexity index is 180. The topological polar surface area (TPSA) is 21.3 Å². The molecular formula is C16H33NO. The van der Waals surface area contributed by atoms with Crippen molar-refractivity contribution in [3.63, 3.8) is 0 Å². The summed E-state index contributed by atoms with van der Waals surface area (Å²) in [7, 11) is 1.81. The maximum Gasteiger partial charge on any atom is 0.0618 e. The van der Waals surface area contributed by atoms with Gasteiger partial charge in [-0.25, -0.2) is 0 Å². The Labute approximate surface area is 114 Å². The number of hydrogen-bond acceptors (Lipinski definition) is 2. The Hall–Kier alpha value is -0.0800. The van der Waals surface area contributed by atoms with Crippen molar-refractivity contribution in [2.45, 2.75) is 77.2 Å². The first-order valence-electron chi connectivity index (χ1n) is 8.10. The Morgan fingerprint density at radius 2 is 1.61 bits per heavy atom. The summed E-state index contributed by atoms with van der Waals surface area (Å²) in [5.41, 5.74) is 0. The number of nitrogens with one attached hydrogen (secondary N) is 1. The normalized spacial score (nSPS) is 17.0. The van der Waals surface area contributed by atoms with Crippen molar-refractivity contribution in [3.05, 3.63) is 0 Å². The molecule has 2 nitrogen and oxygen atoms in total. The van der Waals surface area contributed by atoms with E-state index in [9.17, 15) is 0 Å². The van der Waals surface area contributed by atoms with Gasteiger partial charge in [0.1, 0.15) is 0 Å². The van der Waals surface area contributed by atoms with Crippen LogP contribution in [0.3, 0.4) is 0 Å². The Kier molecular flexibility index (Phi) is 9.59. The van der Waals surface area contributed by atoms with Gasteiger partial charge >= 0.3 is 0 Å². The minimum atomic E-state index is 0.625. The van der Waals surface area contributed by atoms with Gasteiger partial charge in [-0.05, 0) is 31.7 Å². The van der Waals surface area contributed by atoms with Crippen LogP contribution in [-0.4, -0.2) is 26.3 Å². The Morgan fingerprint density at radius 1 is 1.00 bits per heavy atom. The van der Waals surface area contributed by atoms with E-state index in [-0.39, 0.29) is 0 Å². The summed E-state index contributed by atoms with van der Waals surface area (Å²) >= 11 is 0. The smallest absolute Gasteiger partial charge is 0.0618 e. The van der Waals surface area contributed by atoms with Crippen LogP contribution in [0.25, 0.3) is 0 Å². The minimum absolute atomic E-state index is 0.625. The van der Waals surface area contributed by atoms with Crippen molar-refractivity contribution < 1.29 is 4.74 Å². The molecule has 1 atom stereocenters. The van der Waals surface area contributed by atoms with E-state index >= 15 is 0 Å². The lowest BCUT2D eigenvalue weighted by atomic mass is 10.1. The van der Waals surface area contributed by atoms with Crippen molar-refractivity contribution in [1.29, 1.82) is 0 Å². The summed E-state index contributed by atoms with van der Waals surface area (Å²) < 4.78 is 5.28. The zero-order valence-corrected chi connectivity index (χ0v) is 12.5. The molecule has 0 saturated heterocycles. The number of ether oxygens (including phenoxy) is 1. The third-order valence-corrected chi connectivity index (χ3v) is 3.97. The van der Waals surface area contributed by atoms with Gasteiger partial charge in [0.15, 0.2) is 0 Å². The van der Waals surface area contributed by atoms with Crippen molar-refractivity contribution in [3.8, 4) is 0 Å². The summed E-state index contributed by atoms with van der Waals surface area (Å²) in [5.74, 6) is 0.902. The minimum Gasteiger partial charge on any atom is -0.383 e. The number of methoxy groups -OCH3 is 1. The molecule has 0 aromatic carbocycles. The van der Waals surface area contributed by atoms with E-state index in [2.05, 4.69) is 12.2 Å². The van der Waals surface area contributed by atoms with Gasteiger partial charge in [-0.3, -0.25) is 0 Å². The van der Waals surface area contributed by atoms with Crippen LogP contribution in [0.1, 0.15) is 71.1 Å². The van der Waals surface area contributed by atoms with Crippen molar-refractivity contribution in [2.24, 2.45) is 5.92 Å². The van der Waals surface area contributed by atoms with Crippen LogP contribution >= 0.6 is 0 Å². The molecule has 0 aromatic rings. The monoisotopic (exact) mass is 255 g/mol. The van der Waals surface area contributed by atoms with E-state index in [1.165, 1.54) is 70.8 Å². The van der Waals surface area contributed by atoms with Gasteiger partial charge < -0.3 is 10.1 Å². The van der Waals surface area contributed by atoms with E-state index < -0.39 is 0 Å². The third kappa shape index (κ3) is 8.10. The molecule has 0 aliphatic heterocycles. The fourth-order valence-corrected chi connectivity index (χ4v) is 2.59. The van der Waals surface area contributed by atoms with Crippen molar-refractivity contribution in [2.75, 3.05) is 20.3 Å². The summed E-state index contributed by atoms with van der Waals surface area (Å²) in [6.07, 6.45) is 14.0. The second kappa shape index (κ2) is 10.8. The predicted molar refractivity (Wildman–Crippen MR) is 79.0 cm³/mol. The van der Waals surface area contributed by atoms with Crippen LogP contribution in [0.2, 0.25) is 0 Å². The van der Waals surface area contributed by atoms with Crippen LogP contribution in [0.4, 0.5) is 0 Å². The molecule has 2 heteroatoms. The average Bonchev–Trinajstić information content (AvgIpc) is 3.20. The highest BCUT2D eigenvalue weighted by Crippen LogP contribution is 2.32. The van der Waals surface area contributed by atoms with E-state index in [0.717, 1.165) is 12.5 Å². The predicted octanol–water partition coefficient (Wildman–Crippen LogP) is 4.14. The molecule has 0 radical (unpaired) electrons. The first-order chi connectivity index (χ1) is 8.88. The molecule has 108 valence electrons. The summed E-state index contributed by atoms with van der Waals surface area (Å²) in [5, 5.41) is 3.67. The lowest BCUT2D eigenvalue weighted by molar-refractivity contribution is 0.157. The highest BCUT2D eigenvalue weighted by molar-refractivity contribution is 4.86. The summed E-state index contributed by atoms with van der Waals surface area (Å²) in [4.78, 5) is 0. The number of unbranched alkanes of at least 4 members (excludes halogenated alkanes) is 7. The quantitative estimate of drug-likeness (QED) is 0.499. The van der Waals surface area contributed by atoms with E-state index in [1.54, 1.807) is 0 Å². The highest BCUT2D eigenvalue weighted by atomic mass is 16.5. The molecule has 18 heavy (non-hydrogen) atoms. The molecule has 1 saturated carbocycles.